The highest BCUT2D eigenvalue weighted by Gasteiger charge is 2.60. The number of rotatable bonds is 27. The fraction of sp³-hybridized carbons (Fsp3) is 0.922. The van der Waals surface area contributed by atoms with Gasteiger partial charge in [-0.3, -0.25) is 14.4 Å². The second kappa shape index (κ2) is 33.0. The first-order chi connectivity index (χ1) is 42.7. The van der Waals surface area contributed by atoms with Gasteiger partial charge in [-0.1, -0.05) is 0 Å². The molecule has 0 aromatic rings. The lowest BCUT2D eigenvalue weighted by atomic mass is 9.90. The summed E-state index contributed by atoms with van der Waals surface area (Å²) in [5.74, 6) is -8.11. The second-order valence-corrected chi connectivity index (χ2v) is 23.0. The highest BCUT2D eigenvalue weighted by molar-refractivity contribution is 5.76. The molecule has 0 bridgehead atoms. The van der Waals surface area contributed by atoms with Crippen molar-refractivity contribution in [2.75, 3.05) is 39.6 Å². The number of carbonyl (C=O) groups is 4. The molecular weight excluding hydrogens is 1250 g/mol. The van der Waals surface area contributed by atoms with Gasteiger partial charge in [-0.25, -0.2) is 4.79 Å². The Balaban J connectivity index is 1.33. The van der Waals surface area contributed by atoms with Gasteiger partial charge in [0.2, 0.25) is 17.7 Å². The normalized spacial score (nSPS) is 44.3. The van der Waals surface area contributed by atoms with Crippen molar-refractivity contribution in [2.45, 2.75) is 255 Å². The lowest BCUT2D eigenvalue weighted by Gasteiger charge is -2.51. The Morgan fingerprint density at radius 3 is 1.51 bits per heavy atom. The second-order valence-electron chi connectivity index (χ2n) is 23.0. The van der Waals surface area contributed by atoms with Crippen LogP contribution in [0.15, 0.2) is 0 Å². The molecule has 0 aromatic heterocycles. The number of aliphatic hydroxyl groups excluding tert-OH is 20. The topological polar surface area (TPSA) is 640 Å². The Labute approximate surface area is 516 Å². The highest BCUT2D eigenvalue weighted by atomic mass is 16.8. The summed E-state index contributed by atoms with van der Waals surface area (Å²) in [4.78, 5) is 51.2. The monoisotopic (exact) mass is 1330 g/mol. The van der Waals surface area contributed by atoms with Crippen LogP contribution in [0.3, 0.4) is 0 Å². The quantitative estimate of drug-likeness (QED) is 0.0363. The van der Waals surface area contributed by atoms with Crippen LogP contribution >= 0.6 is 0 Å². The highest BCUT2D eigenvalue weighted by Crippen LogP contribution is 2.40. The number of aliphatic carboxylic acids is 1. The van der Waals surface area contributed by atoms with Gasteiger partial charge in [0.1, 0.15) is 152 Å². The molecule has 3 amide bonds. The molecule has 6 aliphatic rings. The maximum Gasteiger partial charge on any atom is 0.364 e. The number of hydrogen-bond donors (Lipinski definition) is 24. The molecule has 0 saturated carbocycles. The van der Waals surface area contributed by atoms with E-state index in [0.717, 1.165) is 20.8 Å². The van der Waals surface area contributed by atoms with Crippen molar-refractivity contribution < 1.29 is 183 Å². The third kappa shape index (κ3) is 17.4. The van der Waals surface area contributed by atoms with Crippen molar-refractivity contribution in [3.05, 3.63) is 0 Å². The first-order valence-corrected chi connectivity index (χ1v) is 28.9. The molecule has 91 heavy (non-hydrogen) atoms. The van der Waals surface area contributed by atoms with E-state index in [1.54, 1.807) is 0 Å². The van der Waals surface area contributed by atoms with Gasteiger partial charge in [0.25, 0.3) is 5.79 Å². The molecule has 0 spiro atoms. The van der Waals surface area contributed by atoms with E-state index in [4.69, 9.17) is 56.8 Å². The van der Waals surface area contributed by atoms with E-state index < -0.39 is 284 Å². The van der Waals surface area contributed by atoms with E-state index in [0.29, 0.717) is 0 Å². The minimum atomic E-state index is -3.23. The summed E-state index contributed by atoms with van der Waals surface area (Å²) in [7, 11) is 0. The Morgan fingerprint density at radius 1 is 0.505 bits per heavy atom. The van der Waals surface area contributed by atoms with E-state index in [2.05, 4.69) is 16.0 Å². The number of ether oxygens (including phenoxy) is 12. The van der Waals surface area contributed by atoms with Gasteiger partial charge in [-0.2, -0.15) is 0 Å². The average molecular weight is 1330 g/mol. The first-order valence-electron chi connectivity index (χ1n) is 28.9. The number of carbonyl (C=O) groups excluding carboxylic acids is 3. The molecule has 6 rings (SSSR count). The van der Waals surface area contributed by atoms with E-state index in [1.165, 1.54) is 13.8 Å². The average Bonchev–Trinajstić information content (AvgIpc) is 0.832. The Kier molecular flexibility index (Phi) is 27.8. The molecule has 0 radical (unpaired) electrons. The van der Waals surface area contributed by atoms with Crippen molar-refractivity contribution in [2.24, 2.45) is 0 Å². The molecule has 0 unspecified atom stereocenters. The number of carboxylic acid groups (broad SMARTS) is 1. The van der Waals surface area contributed by atoms with Crippen LogP contribution in [-0.2, 0) is 76.0 Å². The number of amides is 3. The summed E-state index contributed by atoms with van der Waals surface area (Å²) >= 11 is 0. The summed E-state index contributed by atoms with van der Waals surface area (Å²) < 4.78 is 70.1. The van der Waals surface area contributed by atoms with Crippen molar-refractivity contribution in [1.29, 1.82) is 0 Å². The summed E-state index contributed by atoms with van der Waals surface area (Å²) in [6.07, 6.45) is -64.1. The van der Waals surface area contributed by atoms with Crippen LogP contribution in [0.5, 0.6) is 0 Å². The van der Waals surface area contributed by atoms with Crippen LogP contribution in [-0.4, -0.2) is 385 Å². The molecule has 35 atom stereocenters. The van der Waals surface area contributed by atoms with Gasteiger partial charge >= 0.3 is 5.97 Å². The minimum absolute atomic E-state index is 0.831. The number of nitrogens with one attached hydrogen (secondary N) is 3. The summed E-state index contributed by atoms with van der Waals surface area (Å²) in [5.41, 5.74) is 0. The standard InChI is InChI=1S/C51H87N3O37/c1-13-27(65)36(74)38(76)47(81-13)83-21-6-51(50(78)79,91-42(32(21)70)29(67)19(63)8-56)80-12-20(64)30(68)40(18(7-55)52-15(3)60)87-46-26(54-17(5)62)35(73)41(24(11-59)86-46)88-49-44(90-48-39(77)37(75)28(66)14(2)82-48)43(33(71)23(10-58)85-49)89-45-25(53-16(4)61)34(72)31(69)22(9-57)84-45/h13-14,18-49,55-59,63-77H,6-12H2,1-5H3,(H,52,60)(H,53,61)(H,54,62)(H,78,79)/t13-,14-,18-,19+,20+,21-,22+,23+,24+,25+,26+,27+,28+,29+,30-,31-,32+,33-,34+,35+,36+,37+,38-,39-,40+,41+,42-,43-,44+,45-,46-,47-,48-,49-,51+/m0/s1. The zero-order valence-electron chi connectivity index (χ0n) is 49.5. The molecule has 0 aliphatic carbocycles. The lowest BCUT2D eigenvalue weighted by molar-refractivity contribution is -0.399. The van der Waals surface area contributed by atoms with Gasteiger partial charge in [0.05, 0.1) is 64.0 Å². The SMILES string of the molecule is CC(=O)N[C@H]1[C@H](O[C@@H]([C@@H](O)[C@H](O)CO[C@]2(C(=O)O)C[C@H](O[C@@H]3O[C@@H](C)[C@@H](O)[C@@H](O)[C@@H]3O)[C@@H](O)[C@H]([C@H](O)[C@H](O)CO)O2)[C@H](CO)NC(C)=O)O[C@H](CO)[C@@H](O[C@@H]2O[C@H](CO)[C@H](O)[C@H](O[C@@H]3O[C@H](CO)[C@H](O)[C@H](O)[C@H]3NC(C)=O)[C@H]2O[C@@H]2O[C@@H](C)[C@@H](O)[C@@H](O)[C@@H]2O)[C@@H]1O. The summed E-state index contributed by atoms with van der Waals surface area (Å²) in [5, 5.41) is 236. The van der Waals surface area contributed by atoms with E-state index in [-0.39, 0.29) is 0 Å². The van der Waals surface area contributed by atoms with Crippen molar-refractivity contribution in [1.82, 2.24) is 16.0 Å². The molecular formula is C51H87N3O37. The summed E-state index contributed by atoms with van der Waals surface area (Å²) in [6, 6.07) is -5.62. The van der Waals surface area contributed by atoms with Crippen LogP contribution in [0.2, 0.25) is 0 Å². The van der Waals surface area contributed by atoms with Crippen LogP contribution in [0, 0.1) is 0 Å². The van der Waals surface area contributed by atoms with Crippen LogP contribution in [0.4, 0.5) is 0 Å². The third-order valence-corrected chi connectivity index (χ3v) is 16.3. The fourth-order valence-corrected chi connectivity index (χ4v) is 11.2. The Morgan fingerprint density at radius 2 is 1.00 bits per heavy atom. The number of aliphatic hydroxyl groups is 20. The molecule has 6 aliphatic heterocycles. The van der Waals surface area contributed by atoms with E-state index in [1.807, 2.05) is 0 Å². The number of hydrogen-bond acceptors (Lipinski definition) is 36. The minimum Gasteiger partial charge on any atom is -0.477 e. The lowest BCUT2D eigenvalue weighted by Crippen LogP contribution is -2.71. The molecule has 40 heteroatoms. The van der Waals surface area contributed by atoms with Gasteiger partial charge in [0, 0.05) is 27.2 Å². The van der Waals surface area contributed by atoms with Gasteiger partial charge in [0.15, 0.2) is 31.5 Å². The van der Waals surface area contributed by atoms with Crippen LogP contribution < -0.4 is 16.0 Å². The molecule has 6 heterocycles. The maximum atomic E-state index is 13.2. The predicted molar refractivity (Wildman–Crippen MR) is 283 cm³/mol. The number of carboxylic acids is 1. The van der Waals surface area contributed by atoms with Crippen molar-refractivity contribution in [3.63, 3.8) is 0 Å². The van der Waals surface area contributed by atoms with Crippen LogP contribution in [0.25, 0.3) is 0 Å². The fourth-order valence-electron chi connectivity index (χ4n) is 11.2. The van der Waals surface area contributed by atoms with Crippen molar-refractivity contribution in [3.8, 4) is 0 Å². The Bertz CT molecular complexity index is 2330. The van der Waals surface area contributed by atoms with E-state index >= 15 is 0 Å². The molecule has 6 fully saturated rings. The van der Waals surface area contributed by atoms with Crippen molar-refractivity contribution >= 4 is 23.7 Å². The first kappa shape index (κ1) is 76.6. The zero-order valence-corrected chi connectivity index (χ0v) is 49.5. The molecule has 6 saturated heterocycles. The van der Waals surface area contributed by atoms with Crippen LogP contribution in [0.1, 0.15) is 41.0 Å². The third-order valence-electron chi connectivity index (χ3n) is 16.3. The van der Waals surface area contributed by atoms with E-state index in [9.17, 15) is 126 Å². The van der Waals surface area contributed by atoms with Gasteiger partial charge in [-0.15, -0.1) is 0 Å². The largest absolute Gasteiger partial charge is 0.477 e. The molecule has 528 valence electrons. The molecule has 0 aromatic carbocycles. The molecule has 24 N–H and O–H groups in total. The van der Waals surface area contributed by atoms with Gasteiger partial charge in [-0.05, 0) is 13.8 Å². The predicted octanol–water partition coefficient (Wildman–Crippen LogP) is -14.9. The Hall–Kier alpha value is -3.40. The smallest absolute Gasteiger partial charge is 0.364 e. The summed E-state index contributed by atoms with van der Waals surface area (Å²) in [6.45, 7) is -1.79. The molecule has 40 nitrogen and oxygen atoms in total. The van der Waals surface area contributed by atoms with Gasteiger partial charge < -0.3 is 180 Å². The zero-order chi connectivity index (χ0) is 68.0. The maximum absolute atomic E-state index is 13.2.